The van der Waals surface area contributed by atoms with E-state index in [1.807, 2.05) is 52.8 Å². The van der Waals surface area contributed by atoms with Crippen LogP contribution in [0.4, 0.5) is 0 Å². The van der Waals surface area contributed by atoms with Gasteiger partial charge in [0.15, 0.2) is 0 Å². The van der Waals surface area contributed by atoms with Crippen molar-refractivity contribution in [2.75, 3.05) is 0 Å². The molecule has 1 aliphatic carbocycles. The van der Waals surface area contributed by atoms with Crippen molar-refractivity contribution in [3.05, 3.63) is 119 Å². The Kier molecular flexibility index (Phi) is 13.0. The van der Waals surface area contributed by atoms with E-state index in [4.69, 9.17) is 0 Å². The highest BCUT2D eigenvalue weighted by molar-refractivity contribution is 5.77. The molecule has 0 saturated carbocycles. The fourth-order valence-corrected chi connectivity index (χ4v) is 4.32. The third-order valence-electron chi connectivity index (χ3n) is 6.24. The first-order valence-corrected chi connectivity index (χ1v) is 13.0. The summed E-state index contributed by atoms with van der Waals surface area (Å²) in [6, 6.07) is 13.9. The van der Waals surface area contributed by atoms with Crippen molar-refractivity contribution in [2.45, 2.75) is 80.6 Å². The molecule has 1 unspecified atom stereocenters. The van der Waals surface area contributed by atoms with Crippen LogP contribution in [0.1, 0.15) is 89.5 Å². The molecule has 2 aromatic rings. The van der Waals surface area contributed by atoms with E-state index in [-0.39, 0.29) is 0 Å². The van der Waals surface area contributed by atoms with Gasteiger partial charge < -0.3 is 0 Å². The Morgan fingerprint density at radius 1 is 0.971 bits per heavy atom. The third-order valence-corrected chi connectivity index (χ3v) is 6.24. The largest absolute Gasteiger partial charge is 0.0991 e. The van der Waals surface area contributed by atoms with Crippen molar-refractivity contribution in [1.82, 2.24) is 0 Å². The van der Waals surface area contributed by atoms with E-state index >= 15 is 0 Å². The van der Waals surface area contributed by atoms with Gasteiger partial charge in [0.05, 0.1) is 0 Å². The molecule has 0 amide bonds. The average Bonchev–Trinajstić information content (AvgIpc) is 3.22. The van der Waals surface area contributed by atoms with Crippen LogP contribution in [0.15, 0.2) is 96.7 Å². The molecular weight excluding hydrogens is 408 g/mol. The van der Waals surface area contributed by atoms with Crippen LogP contribution >= 0.6 is 0 Å². The van der Waals surface area contributed by atoms with Gasteiger partial charge in [0, 0.05) is 0 Å². The monoisotopic (exact) mass is 454 g/mol. The summed E-state index contributed by atoms with van der Waals surface area (Å²) in [6.45, 7) is 24.8. The fourth-order valence-electron chi connectivity index (χ4n) is 4.32. The smallest absolute Gasteiger partial charge is 0.00133 e. The lowest BCUT2D eigenvalue weighted by atomic mass is 9.89. The van der Waals surface area contributed by atoms with E-state index in [9.17, 15) is 0 Å². The first kappa shape index (κ1) is 29.2. The maximum atomic E-state index is 4.22. The molecular formula is C34H46. The van der Waals surface area contributed by atoms with Crippen LogP contribution < -0.4 is 0 Å². The molecule has 0 spiro atoms. The van der Waals surface area contributed by atoms with Gasteiger partial charge in [0.1, 0.15) is 0 Å². The number of aryl methyl sites for hydroxylation is 1. The van der Waals surface area contributed by atoms with Gasteiger partial charge in [-0.15, -0.1) is 0 Å². The molecule has 182 valence electrons. The van der Waals surface area contributed by atoms with Crippen molar-refractivity contribution in [3.63, 3.8) is 0 Å². The lowest BCUT2D eigenvalue weighted by Crippen LogP contribution is -1.97. The van der Waals surface area contributed by atoms with Gasteiger partial charge in [-0.2, -0.15) is 0 Å². The Morgan fingerprint density at radius 2 is 1.59 bits per heavy atom. The average molecular weight is 455 g/mol. The normalized spacial score (nSPS) is 13.2. The second-order valence-corrected chi connectivity index (χ2v) is 8.46. The van der Waals surface area contributed by atoms with Crippen LogP contribution in [0, 0.1) is 6.92 Å². The predicted octanol–water partition coefficient (Wildman–Crippen LogP) is 10.7. The van der Waals surface area contributed by atoms with Crippen LogP contribution in [0.25, 0.3) is 11.1 Å². The van der Waals surface area contributed by atoms with Gasteiger partial charge in [-0.25, -0.2) is 0 Å². The predicted molar refractivity (Wildman–Crippen MR) is 156 cm³/mol. The van der Waals surface area contributed by atoms with Crippen LogP contribution in [0.5, 0.6) is 0 Å². The summed E-state index contributed by atoms with van der Waals surface area (Å²) in [7, 11) is 0. The maximum Gasteiger partial charge on any atom is -0.00133 e. The van der Waals surface area contributed by atoms with Gasteiger partial charge in [0.25, 0.3) is 0 Å². The van der Waals surface area contributed by atoms with Crippen molar-refractivity contribution in [1.29, 1.82) is 0 Å². The van der Waals surface area contributed by atoms with Crippen molar-refractivity contribution < 1.29 is 0 Å². The summed E-state index contributed by atoms with van der Waals surface area (Å²) in [5.74, 6) is 0.510. The van der Waals surface area contributed by atoms with Crippen LogP contribution in [-0.2, 0) is 6.42 Å². The van der Waals surface area contributed by atoms with E-state index in [1.165, 1.54) is 44.5 Å². The summed E-state index contributed by atoms with van der Waals surface area (Å²) in [4.78, 5) is 0. The van der Waals surface area contributed by atoms with Crippen LogP contribution in [-0.4, -0.2) is 0 Å². The highest BCUT2D eigenvalue weighted by Crippen LogP contribution is 2.39. The maximum absolute atomic E-state index is 4.22. The molecule has 0 saturated heterocycles. The van der Waals surface area contributed by atoms with E-state index in [0.29, 0.717) is 5.92 Å². The molecule has 0 bridgehead atoms. The number of fused-ring (bicyclic) bond motifs is 3. The lowest BCUT2D eigenvalue weighted by Gasteiger charge is -2.16. The number of allylic oxidation sites excluding steroid dienone is 8. The highest BCUT2D eigenvalue weighted by Gasteiger charge is 2.19. The molecule has 1 aliphatic rings. The summed E-state index contributed by atoms with van der Waals surface area (Å²) in [5.41, 5.74) is 12.2. The standard InChI is InChI=1S/C30H34.2C2H6/c1-7-9-11-25(24(6)22(4)10-8-2)14-13-23(5)26-15-17-30-28(19-26)20-27-18-21(3)12-16-29(27)30;2*1-2/h7-12,15-19,23H,1,4,13-14,20H2,2-3,5-6H3;2*1-2H3/b10-8-,11-9-,25-24-;;. The Labute approximate surface area is 210 Å². The van der Waals surface area contributed by atoms with Crippen molar-refractivity contribution in [3.8, 4) is 11.1 Å². The third kappa shape index (κ3) is 7.59. The van der Waals surface area contributed by atoms with Crippen molar-refractivity contribution >= 4 is 0 Å². The lowest BCUT2D eigenvalue weighted by molar-refractivity contribution is 0.679. The molecule has 0 heterocycles. The van der Waals surface area contributed by atoms with Gasteiger partial charge in [-0.1, -0.05) is 120 Å². The van der Waals surface area contributed by atoms with E-state index in [0.717, 1.165) is 24.8 Å². The number of benzene rings is 2. The second kappa shape index (κ2) is 15.1. The van der Waals surface area contributed by atoms with Gasteiger partial charge >= 0.3 is 0 Å². The number of rotatable bonds is 8. The Bertz CT molecular complexity index is 1040. The zero-order valence-electron chi connectivity index (χ0n) is 23.0. The molecule has 0 nitrogen and oxygen atoms in total. The first-order valence-electron chi connectivity index (χ1n) is 13.0. The quantitative estimate of drug-likeness (QED) is 0.297. The molecule has 0 fully saturated rings. The summed E-state index contributed by atoms with van der Waals surface area (Å²) < 4.78 is 0. The zero-order chi connectivity index (χ0) is 25.7. The molecule has 3 rings (SSSR count). The van der Waals surface area contributed by atoms with Crippen LogP contribution in [0.3, 0.4) is 0 Å². The van der Waals surface area contributed by atoms with E-state index in [1.54, 1.807) is 0 Å². The van der Waals surface area contributed by atoms with E-state index < -0.39 is 0 Å². The molecule has 0 aromatic heterocycles. The molecule has 0 radical (unpaired) electrons. The Morgan fingerprint density at radius 3 is 2.21 bits per heavy atom. The van der Waals surface area contributed by atoms with Gasteiger partial charge in [0.2, 0.25) is 0 Å². The van der Waals surface area contributed by atoms with Crippen LogP contribution in [0.2, 0.25) is 0 Å². The van der Waals surface area contributed by atoms with Crippen molar-refractivity contribution in [2.24, 2.45) is 0 Å². The number of hydrogen-bond acceptors (Lipinski definition) is 0. The highest BCUT2D eigenvalue weighted by atomic mass is 14.2. The minimum absolute atomic E-state index is 0.510. The molecule has 0 heteroatoms. The summed E-state index contributed by atoms with van der Waals surface area (Å²) in [6.07, 6.45) is 13.4. The minimum Gasteiger partial charge on any atom is -0.0991 e. The van der Waals surface area contributed by atoms with E-state index in [2.05, 4.69) is 82.5 Å². The van der Waals surface area contributed by atoms with Gasteiger partial charge in [-0.3, -0.25) is 0 Å². The fraction of sp³-hybridized carbons (Fsp3) is 0.353. The number of hydrogen-bond donors (Lipinski definition) is 0. The molecule has 34 heavy (non-hydrogen) atoms. The molecule has 2 aromatic carbocycles. The Balaban J connectivity index is 0.00000137. The topological polar surface area (TPSA) is 0 Å². The Hall–Kier alpha value is -2.86. The molecule has 0 N–H and O–H groups in total. The summed E-state index contributed by atoms with van der Waals surface area (Å²) in [5, 5.41) is 0. The zero-order valence-corrected chi connectivity index (χ0v) is 23.0. The second-order valence-electron chi connectivity index (χ2n) is 8.46. The molecule has 0 aliphatic heterocycles. The minimum atomic E-state index is 0.510. The summed E-state index contributed by atoms with van der Waals surface area (Å²) >= 11 is 0. The molecule has 1 atom stereocenters. The first-order chi connectivity index (χ1) is 16.4. The van der Waals surface area contributed by atoms with Gasteiger partial charge in [-0.05, 0) is 90.5 Å². The SMILES string of the molecule is C=C/C=C\C(CCC(C)c1ccc2c(c1)Cc1cc(C)ccc1-2)=C(/C)C(=C)/C=C\C.CC.CC.